The second kappa shape index (κ2) is 16.6. The van der Waals surface area contributed by atoms with Crippen molar-refractivity contribution in [2.75, 3.05) is 14.2 Å². The fraction of sp³-hybridized carbons (Fsp3) is 0.200. The van der Waals surface area contributed by atoms with Crippen molar-refractivity contribution < 1.29 is 77.8 Å². The van der Waals surface area contributed by atoms with E-state index in [1.807, 2.05) is 13.8 Å². The Morgan fingerprint density at radius 1 is 0.553 bits per heavy atom. The van der Waals surface area contributed by atoms with Gasteiger partial charge in [-0.2, -0.15) is 0 Å². The molecule has 0 aliphatic heterocycles. The molecule has 12 heteroatoms. The van der Waals surface area contributed by atoms with E-state index in [1.54, 1.807) is 45.6 Å². The molecule has 0 radical (unpaired) electrons. The number of aryl methyl sites for hydroxylation is 2. The number of ether oxygens (including phenoxy) is 2. The van der Waals surface area contributed by atoms with Crippen LogP contribution < -0.4 is 51.9 Å². The van der Waals surface area contributed by atoms with Gasteiger partial charge in [0.25, 0.3) is 0 Å². The highest BCUT2D eigenvalue weighted by atomic mass is 127. The van der Waals surface area contributed by atoms with Gasteiger partial charge in [0, 0.05) is 0 Å². The van der Waals surface area contributed by atoms with Crippen LogP contribution in [0.25, 0.3) is 0 Å². The summed E-state index contributed by atoms with van der Waals surface area (Å²) in [5.74, 6) is 3.29. The summed E-state index contributed by atoms with van der Waals surface area (Å²) in [5, 5.41) is 0. The van der Waals surface area contributed by atoms with Gasteiger partial charge in [-0.05, 0) is 93.1 Å². The second-order valence-corrected chi connectivity index (χ2v) is 19.2. The fourth-order valence-corrected chi connectivity index (χ4v) is 12.7. The molecule has 0 heterocycles. The topological polar surface area (TPSA) is 133 Å². The Morgan fingerprint density at radius 2 is 0.872 bits per heavy atom. The first-order chi connectivity index (χ1) is 22.3. The van der Waals surface area contributed by atoms with Crippen molar-refractivity contribution in [3.63, 3.8) is 0 Å². The molecule has 2 unspecified atom stereocenters. The molecular formula is C35H34I2O8S2. The van der Waals surface area contributed by atoms with Crippen LogP contribution in [0.15, 0.2) is 126 Å². The maximum atomic E-state index is 10.4. The monoisotopic (exact) mass is 900 g/mol. The van der Waals surface area contributed by atoms with E-state index in [9.17, 15) is 25.9 Å². The third-order valence-corrected chi connectivity index (χ3v) is 16.4. The summed E-state index contributed by atoms with van der Waals surface area (Å²) in [4.78, 5) is -0.355. The predicted octanol–water partition coefficient (Wildman–Crippen LogP) is 0.137. The van der Waals surface area contributed by atoms with Crippen molar-refractivity contribution in [1.29, 1.82) is 0 Å². The molecule has 0 N–H and O–H groups in total. The number of methoxy groups -OCH3 is 2. The Morgan fingerprint density at radius 3 is 1.15 bits per heavy atom. The van der Waals surface area contributed by atoms with E-state index in [0.29, 0.717) is 11.8 Å². The van der Waals surface area contributed by atoms with E-state index in [0.717, 1.165) is 22.6 Å². The van der Waals surface area contributed by atoms with Gasteiger partial charge in [-0.1, -0.05) is 47.5 Å². The van der Waals surface area contributed by atoms with E-state index in [2.05, 4.69) is 60.7 Å². The number of halogens is 2. The first-order valence-electron chi connectivity index (χ1n) is 14.3. The first-order valence-corrected chi connectivity index (χ1v) is 21.4. The zero-order chi connectivity index (χ0) is 34.2. The molecule has 0 spiro atoms. The van der Waals surface area contributed by atoms with Crippen LogP contribution >= 0.6 is 0 Å². The number of hydrogen-bond donors (Lipinski definition) is 0. The summed E-state index contributed by atoms with van der Waals surface area (Å²) in [6, 6.07) is 28.9. The minimum atomic E-state index is -4.27. The maximum absolute atomic E-state index is 10.4. The Hall–Kier alpha value is -2.76. The third-order valence-electron chi connectivity index (χ3n) is 7.10. The molecule has 2 aliphatic carbocycles. The molecule has 0 saturated carbocycles. The largest absolute Gasteiger partial charge is 0.744 e. The molecule has 2 aliphatic rings. The Labute approximate surface area is 297 Å². The molecule has 0 amide bonds. The zero-order valence-electron chi connectivity index (χ0n) is 26.1. The smallest absolute Gasteiger partial charge is 0.358 e. The average molecular weight is 901 g/mol. The van der Waals surface area contributed by atoms with Crippen LogP contribution in [0.3, 0.4) is 0 Å². The molecule has 2 bridgehead atoms. The van der Waals surface area contributed by atoms with Crippen molar-refractivity contribution in [3.05, 3.63) is 135 Å². The van der Waals surface area contributed by atoms with Gasteiger partial charge in [0.15, 0.2) is 7.14 Å². The summed E-state index contributed by atoms with van der Waals surface area (Å²) >= 11 is -0.167. The fourth-order valence-electron chi connectivity index (χ4n) is 4.57. The van der Waals surface area contributed by atoms with E-state index < -0.39 is 20.2 Å². The Kier molecular flexibility index (Phi) is 13.1. The van der Waals surface area contributed by atoms with Crippen LogP contribution in [0, 0.1) is 32.8 Å². The maximum Gasteiger partial charge on any atom is 0.358 e. The minimum Gasteiger partial charge on any atom is -0.744 e. The lowest BCUT2D eigenvalue weighted by Gasteiger charge is -2.05. The number of benzene rings is 4. The Balaban J connectivity index is 0.000000188. The first kappa shape index (κ1) is 37.1. The van der Waals surface area contributed by atoms with Gasteiger partial charge in [-0.3, -0.25) is 0 Å². The van der Waals surface area contributed by atoms with Crippen LogP contribution in [-0.4, -0.2) is 40.2 Å². The van der Waals surface area contributed by atoms with Gasteiger partial charge in [-0.25, -0.2) is 16.8 Å². The standard InChI is InChI=1S/C21H20I2O2.2C7H8O3S/c1-24-18-9-5-16(6-10-18)22-20-14-3-4-15(13-14)21(20)23-17-7-11-19(25-2)12-8-17;2*1-6-2-4-7(5-3-6)11(8,9)10/h3-12,14-15H,13H2,1-2H3;2*2-5H,1H3,(H,8,9,10)/q+2;;/p-2. The van der Waals surface area contributed by atoms with Gasteiger partial charge in [0.1, 0.15) is 31.7 Å². The lowest BCUT2D eigenvalue weighted by atomic mass is 10.2. The molecule has 47 heavy (non-hydrogen) atoms. The van der Waals surface area contributed by atoms with Crippen LogP contribution in [0.4, 0.5) is 0 Å². The molecule has 2 atom stereocenters. The van der Waals surface area contributed by atoms with Crippen molar-refractivity contribution in [2.45, 2.75) is 30.1 Å². The van der Waals surface area contributed by atoms with Gasteiger partial charge < -0.3 is 18.6 Å². The summed E-state index contributed by atoms with van der Waals surface area (Å²) in [6.45, 7) is 3.64. The summed E-state index contributed by atoms with van der Waals surface area (Å²) in [6.07, 6.45) is 6.21. The normalized spacial score (nSPS) is 16.6. The lowest BCUT2D eigenvalue weighted by Crippen LogP contribution is -3.66. The minimum absolute atomic E-state index is 0.0835. The molecule has 4 aromatic carbocycles. The number of hydrogen-bond acceptors (Lipinski definition) is 8. The third kappa shape index (κ3) is 10.9. The Bertz CT molecular complexity index is 1780. The van der Waals surface area contributed by atoms with Gasteiger partial charge in [0.2, 0.25) is 7.16 Å². The van der Waals surface area contributed by atoms with Crippen molar-refractivity contribution in [1.82, 2.24) is 0 Å². The van der Waals surface area contributed by atoms with E-state index in [-0.39, 0.29) is 52.2 Å². The summed E-state index contributed by atoms with van der Waals surface area (Å²) in [5.41, 5.74) is 1.86. The molecule has 0 aromatic heterocycles. The van der Waals surface area contributed by atoms with E-state index >= 15 is 0 Å². The number of rotatable bonds is 8. The van der Waals surface area contributed by atoms with Crippen molar-refractivity contribution >= 4 is 20.2 Å². The highest BCUT2D eigenvalue weighted by Gasteiger charge is 2.50. The van der Waals surface area contributed by atoms with Crippen LogP contribution in [0.1, 0.15) is 17.5 Å². The van der Waals surface area contributed by atoms with Crippen molar-refractivity contribution in [3.8, 4) is 11.5 Å². The lowest BCUT2D eigenvalue weighted by molar-refractivity contribution is -0.622. The highest BCUT2D eigenvalue weighted by molar-refractivity contribution is 7.86. The van der Waals surface area contributed by atoms with Gasteiger partial charge in [0.05, 0.1) is 35.8 Å². The second-order valence-electron chi connectivity index (χ2n) is 10.6. The van der Waals surface area contributed by atoms with Crippen LogP contribution in [0.5, 0.6) is 11.5 Å². The van der Waals surface area contributed by atoms with Gasteiger partial charge >= 0.3 is 42.4 Å². The number of fused-ring (bicyclic) bond motifs is 2. The average Bonchev–Trinajstić information content (AvgIpc) is 3.65. The zero-order valence-corrected chi connectivity index (χ0v) is 32.0. The molecule has 8 nitrogen and oxygen atoms in total. The molecule has 248 valence electrons. The summed E-state index contributed by atoms with van der Waals surface area (Å²) < 4.78 is 79.5. The van der Waals surface area contributed by atoms with Crippen LogP contribution in [0.2, 0.25) is 0 Å². The van der Waals surface area contributed by atoms with Crippen LogP contribution in [-0.2, 0) is 20.2 Å². The highest BCUT2D eigenvalue weighted by Crippen LogP contribution is 2.36. The van der Waals surface area contributed by atoms with Crippen molar-refractivity contribution in [2.24, 2.45) is 11.8 Å². The SMILES string of the molecule is COc1ccc([I+]C2=C([I+]c3ccc(OC)cc3)C3C=CC2C3)cc1.Cc1ccc(S(=O)(=O)[O-])cc1.Cc1ccc(S(=O)(=O)[O-])cc1. The predicted molar refractivity (Wildman–Crippen MR) is 169 cm³/mol. The molecule has 0 saturated heterocycles. The summed E-state index contributed by atoms with van der Waals surface area (Å²) in [7, 11) is -5.09. The number of allylic oxidation sites excluding steroid dienone is 4. The molecule has 6 rings (SSSR count). The van der Waals surface area contributed by atoms with Gasteiger partial charge in [-0.15, -0.1) is 0 Å². The van der Waals surface area contributed by atoms with E-state index in [4.69, 9.17) is 9.47 Å². The van der Waals surface area contributed by atoms with E-state index in [1.165, 1.54) is 37.8 Å². The molecular weight excluding hydrogens is 866 g/mol. The quantitative estimate of drug-likeness (QED) is 0.139. The molecule has 4 aromatic rings. The molecule has 0 fully saturated rings.